The molecule has 2 rings (SSSR count). The monoisotopic (exact) mass is 345 g/mol. The molecule has 1 aromatic carbocycles. The van der Waals surface area contributed by atoms with Gasteiger partial charge in [0.1, 0.15) is 0 Å². The highest BCUT2D eigenvalue weighted by atomic mass is 16.2. The number of benzene rings is 1. The summed E-state index contributed by atoms with van der Waals surface area (Å²) in [4.78, 5) is 17.5. The van der Waals surface area contributed by atoms with Gasteiger partial charge in [-0.15, -0.1) is 0 Å². The van der Waals surface area contributed by atoms with Crippen LogP contribution in [0.1, 0.15) is 52.0 Å². The number of carbonyl (C=O) groups excluding carboxylic acids is 1. The number of hydrogen-bond donors (Lipinski definition) is 1. The Morgan fingerprint density at radius 1 is 1.20 bits per heavy atom. The molecule has 4 nitrogen and oxygen atoms in total. The topological polar surface area (TPSA) is 35.6 Å². The lowest BCUT2D eigenvalue weighted by Gasteiger charge is -2.36. The summed E-state index contributed by atoms with van der Waals surface area (Å²) in [6.07, 6.45) is 4.56. The molecular formula is C21H35N3O. The van der Waals surface area contributed by atoms with E-state index < -0.39 is 0 Å². The Bertz CT molecular complexity index is 501. The van der Waals surface area contributed by atoms with Gasteiger partial charge in [-0.25, -0.2) is 0 Å². The summed E-state index contributed by atoms with van der Waals surface area (Å²) >= 11 is 0. The van der Waals surface area contributed by atoms with Gasteiger partial charge in [0.25, 0.3) is 0 Å². The van der Waals surface area contributed by atoms with E-state index in [9.17, 15) is 4.79 Å². The molecule has 1 aliphatic rings. The Morgan fingerprint density at radius 3 is 2.56 bits per heavy atom. The maximum atomic E-state index is 12.7. The number of rotatable bonds is 9. The summed E-state index contributed by atoms with van der Waals surface area (Å²) in [7, 11) is 0. The summed E-state index contributed by atoms with van der Waals surface area (Å²) in [5.41, 5.74) is 1.36. The molecule has 1 heterocycles. The van der Waals surface area contributed by atoms with Gasteiger partial charge in [-0.2, -0.15) is 0 Å². The molecule has 0 unspecified atom stereocenters. The number of nitrogens with zero attached hydrogens (tertiary/aromatic N) is 2. The van der Waals surface area contributed by atoms with Crippen LogP contribution in [0.3, 0.4) is 0 Å². The summed E-state index contributed by atoms with van der Waals surface area (Å²) < 4.78 is 0. The van der Waals surface area contributed by atoms with E-state index in [4.69, 9.17) is 0 Å². The molecule has 1 saturated heterocycles. The first-order chi connectivity index (χ1) is 12.2. The van der Waals surface area contributed by atoms with Crippen LogP contribution in [0, 0.1) is 0 Å². The Balaban J connectivity index is 1.91. The average Bonchev–Trinajstić information content (AvgIpc) is 2.66. The normalized spacial score (nSPS) is 19.8. The molecule has 1 aliphatic heterocycles. The molecule has 1 fully saturated rings. The standard InChI is InChI=1S/C21H35N3O/c1-4-20(23(5-2)6-3)21(25)22-16-19-14-10-11-15-24(19)17-18-12-8-7-9-13-18/h7-9,12-13,19-20H,4-6,10-11,14-17H2,1-3H3,(H,22,25)/t19-,20+/m1/s1. The van der Waals surface area contributed by atoms with Crippen LogP contribution in [-0.4, -0.2) is 54.0 Å². The predicted octanol–water partition coefficient (Wildman–Crippen LogP) is 3.28. The second kappa shape index (κ2) is 10.6. The first-order valence-electron chi connectivity index (χ1n) is 9.99. The van der Waals surface area contributed by atoms with E-state index in [1.807, 2.05) is 0 Å². The smallest absolute Gasteiger partial charge is 0.237 e. The predicted molar refractivity (Wildman–Crippen MR) is 105 cm³/mol. The van der Waals surface area contributed by atoms with Crippen molar-refractivity contribution >= 4 is 5.91 Å². The fourth-order valence-corrected chi connectivity index (χ4v) is 3.93. The molecule has 140 valence electrons. The van der Waals surface area contributed by atoms with Crippen LogP contribution in [0.2, 0.25) is 0 Å². The van der Waals surface area contributed by atoms with Crippen molar-refractivity contribution < 1.29 is 4.79 Å². The lowest BCUT2D eigenvalue weighted by Crippen LogP contribution is -2.51. The third-order valence-corrected chi connectivity index (χ3v) is 5.43. The van der Waals surface area contributed by atoms with E-state index in [1.54, 1.807) is 0 Å². The van der Waals surface area contributed by atoms with Crippen molar-refractivity contribution in [3.05, 3.63) is 35.9 Å². The van der Waals surface area contributed by atoms with Gasteiger partial charge in [-0.1, -0.05) is 57.5 Å². The summed E-state index contributed by atoms with van der Waals surface area (Å²) in [5, 5.41) is 3.25. The molecule has 0 aliphatic carbocycles. The third kappa shape index (κ3) is 5.82. The number of carbonyl (C=O) groups is 1. The number of likely N-dealkylation sites (N-methyl/N-ethyl adjacent to an activating group) is 1. The zero-order chi connectivity index (χ0) is 18.1. The van der Waals surface area contributed by atoms with Crippen molar-refractivity contribution in [3.8, 4) is 0 Å². The van der Waals surface area contributed by atoms with Gasteiger partial charge >= 0.3 is 0 Å². The van der Waals surface area contributed by atoms with Crippen molar-refractivity contribution in [1.29, 1.82) is 0 Å². The van der Waals surface area contributed by atoms with E-state index in [-0.39, 0.29) is 11.9 Å². The minimum Gasteiger partial charge on any atom is -0.353 e. The van der Waals surface area contributed by atoms with Crippen LogP contribution in [0.25, 0.3) is 0 Å². The zero-order valence-corrected chi connectivity index (χ0v) is 16.2. The highest BCUT2D eigenvalue weighted by molar-refractivity contribution is 5.81. The largest absolute Gasteiger partial charge is 0.353 e. The van der Waals surface area contributed by atoms with Crippen LogP contribution in [-0.2, 0) is 11.3 Å². The highest BCUT2D eigenvalue weighted by Gasteiger charge is 2.26. The maximum Gasteiger partial charge on any atom is 0.237 e. The van der Waals surface area contributed by atoms with E-state index in [1.165, 1.54) is 24.8 Å². The highest BCUT2D eigenvalue weighted by Crippen LogP contribution is 2.19. The number of likely N-dealkylation sites (tertiary alicyclic amines) is 1. The van der Waals surface area contributed by atoms with Crippen molar-refractivity contribution in [2.24, 2.45) is 0 Å². The van der Waals surface area contributed by atoms with E-state index in [0.29, 0.717) is 6.04 Å². The second-order valence-corrected chi connectivity index (χ2v) is 7.00. The lowest BCUT2D eigenvalue weighted by molar-refractivity contribution is -0.126. The number of piperidine rings is 1. The molecule has 0 spiro atoms. The Kier molecular flexibility index (Phi) is 8.42. The Labute approximate surface area is 153 Å². The zero-order valence-electron chi connectivity index (χ0n) is 16.2. The van der Waals surface area contributed by atoms with E-state index in [0.717, 1.165) is 39.1 Å². The average molecular weight is 346 g/mol. The molecular weight excluding hydrogens is 310 g/mol. The number of nitrogens with one attached hydrogen (secondary N) is 1. The lowest BCUT2D eigenvalue weighted by atomic mass is 10.0. The maximum absolute atomic E-state index is 12.7. The van der Waals surface area contributed by atoms with Crippen molar-refractivity contribution in [2.75, 3.05) is 26.2 Å². The van der Waals surface area contributed by atoms with Gasteiger partial charge in [0.15, 0.2) is 0 Å². The van der Waals surface area contributed by atoms with Crippen LogP contribution >= 0.6 is 0 Å². The molecule has 1 aromatic rings. The van der Waals surface area contributed by atoms with Crippen LogP contribution in [0.4, 0.5) is 0 Å². The molecule has 0 bridgehead atoms. The van der Waals surface area contributed by atoms with Crippen molar-refractivity contribution in [2.45, 2.75) is 65.1 Å². The van der Waals surface area contributed by atoms with Crippen LogP contribution in [0.5, 0.6) is 0 Å². The molecule has 25 heavy (non-hydrogen) atoms. The van der Waals surface area contributed by atoms with Gasteiger partial charge < -0.3 is 5.32 Å². The first-order valence-corrected chi connectivity index (χ1v) is 9.99. The van der Waals surface area contributed by atoms with Crippen LogP contribution < -0.4 is 5.32 Å². The van der Waals surface area contributed by atoms with E-state index >= 15 is 0 Å². The SMILES string of the molecule is CC[C@@H](C(=O)NC[C@H]1CCCCN1Cc1ccccc1)N(CC)CC. The van der Waals surface area contributed by atoms with Gasteiger partial charge in [-0.05, 0) is 44.5 Å². The molecule has 1 amide bonds. The van der Waals surface area contributed by atoms with Gasteiger partial charge in [-0.3, -0.25) is 14.6 Å². The number of hydrogen-bond acceptors (Lipinski definition) is 3. The third-order valence-electron chi connectivity index (χ3n) is 5.43. The van der Waals surface area contributed by atoms with Crippen molar-refractivity contribution in [1.82, 2.24) is 15.1 Å². The van der Waals surface area contributed by atoms with Gasteiger partial charge in [0.05, 0.1) is 6.04 Å². The fraction of sp³-hybridized carbons (Fsp3) is 0.667. The summed E-state index contributed by atoms with van der Waals surface area (Å²) in [6, 6.07) is 11.1. The molecule has 1 N–H and O–H groups in total. The van der Waals surface area contributed by atoms with Gasteiger partial charge in [0.2, 0.25) is 5.91 Å². The number of amides is 1. The minimum atomic E-state index is 0.00108. The quantitative estimate of drug-likeness (QED) is 0.746. The van der Waals surface area contributed by atoms with Crippen LogP contribution in [0.15, 0.2) is 30.3 Å². The first kappa shape index (κ1) is 19.9. The Morgan fingerprint density at radius 2 is 1.92 bits per heavy atom. The van der Waals surface area contributed by atoms with Crippen molar-refractivity contribution in [3.63, 3.8) is 0 Å². The summed E-state index contributed by atoms with van der Waals surface area (Å²) in [6.45, 7) is 11.1. The minimum absolute atomic E-state index is 0.00108. The summed E-state index contributed by atoms with van der Waals surface area (Å²) in [5.74, 6) is 0.191. The fourth-order valence-electron chi connectivity index (χ4n) is 3.93. The molecule has 0 saturated carbocycles. The Hall–Kier alpha value is -1.39. The molecule has 0 radical (unpaired) electrons. The molecule has 2 atom stereocenters. The van der Waals surface area contributed by atoms with Gasteiger partial charge in [0, 0.05) is 19.1 Å². The second-order valence-electron chi connectivity index (χ2n) is 7.00. The molecule has 4 heteroatoms. The molecule has 0 aromatic heterocycles. The van der Waals surface area contributed by atoms with E-state index in [2.05, 4.69) is 66.2 Å².